The number of aromatic nitrogens is 2. The maximum absolute atomic E-state index is 12.6. The van der Waals surface area contributed by atoms with E-state index in [2.05, 4.69) is 59.4 Å². The normalized spacial score (nSPS) is 33.6. The van der Waals surface area contributed by atoms with Gasteiger partial charge in [0.2, 0.25) is 0 Å². The Labute approximate surface area is 243 Å². The largest absolute Gasteiger partial charge is 0.417 e. The zero-order valence-corrected chi connectivity index (χ0v) is 28.5. The topological polar surface area (TPSA) is 105 Å². The fourth-order valence-electron chi connectivity index (χ4n) is 7.71. The highest BCUT2D eigenvalue weighted by Gasteiger charge is 2.57. The predicted molar refractivity (Wildman–Crippen MR) is 162 cm³/mol. The van der Waals surface area contributed by atoms with Crippen molar-refractivity contribution in [3.05, 3.63) is 29.6 Å². The molecule has 1 aromatic heterocycles. The molecule has 3 aliphatic rings. The molecule has 40 heavy (non-hydrogen) atoms. The fourth-order valence-corrected chi connectivity index (χ4v) is 9.98. The van der Waals surface area contributed by atoms with Crippen LogP contribution in [0.2, 0.25) is 18.1 Å². The number of hydrogen-bond donors (Lipinski definition) is 0. The maximum Gasteiger partial charge on any atom is 0.264 e. The molecule has 4 rings (SSSR count). The van der Waals surface area contributed by atoms with E-state index in [0.29, 0.717) is 25.4 Å². The lowest BCUT2D eigenvalue weighted by Gasteiger charge is -2.56. The van der Waals surface area contributed by atoms with E-state index < -0.39 is 28.5 Å². The van der Waals surface area contributed by atoms with Crippen molar-refractivity contribution in [2.45, 2.75) is 91.3 Å². The zero-order chi connectivity index (χ0) is 30.1. The minimum atomic E-state index is -3.60. The first-order chi connectivity index (χ1) is 18.1. The molecule has 1 aromatic rings. The minimum absolute atomic E-state index is 0.0213. The van der Waals surface area contributed by atoms with E-state index in [0.717, 1.165) is 43.2 Å². The molecule has 228 valence electrons. The zero-order valence-electron chi connectivity index (χ0n) is 25.9. The second kappa shape index (κ2) is 10.3. The van der Waals surface area contributed by atoms with E-state index in [9.17, 15) is 16.8 Å². The first kappa shape index (κ1) is 31.9. The molecule has 2 saturated carbocycles. The van der Waals surface area contributed by atoms with Gasteiger partial charge in [-0.1, -0.05) is 46.8 Å². The van der Waals surface area contributed by atoms with Crippen LogP contribution in [-0.4, -0.2) is 60.1 Å². The molecular formula is C29H50N2O6S2Si. The standard InChI is InChI=1S/C29H50N2O6S2Si/c1-20-11-12-24-23(19-36-39(8,34)35)25(13-14-28(20,24)5)29(6)16-21-17-30-31(38(7,32)33)26(21)15-22(29)18-37-40(9,10)27(2,3)4/h17,22-25H,1,11-16,18-19H2,2-10H3/t22-,23+,24+,25+,28-,29+/m1/s1. The molecule has 0 saturated heterocycles. The van der Waals surface area contributed by atoms with Crippen LogP contribution in [-0.2, 0) is 41.6 Å². The van der Waals surface area contributed by atoms with Crippen LogP contribution in [0.3, 0.4) is 0 Å². The highest BCUT2D eigenvalue weighted by molar-refractivity contribution is 7.89. The third kappa shape index (κ3) is 5.79. The lowest BCUT2D eigenvalue weighted by Crippen LogP contribution is -2.54. The molecule has 11 heteroatoms. The summed E-state index contributed by atoms with van der Waals surface area (Å²) in [6, 6.07) is 0. The van der Waals surface area contributed by atoms with Gasteiger partial charge in [0.15, 0.2) is 8.32 Å². The van der Waals surface area contributed by atoms with Crippen LogP contribution in [0.5, 0.6) is 0 Å². The third-order valence-electron chi connectivity index (χ3n) is 11.3. The van der Waals surface area contributed by atoms with Crippen LogP contribution in [0.4, 0.5) is 0 Å². The van der Waals surface area contributed by atoms with Crippen molar-refractivity contribution in [1.82, 2.24) is 9.19 Å². The highest BCUT2D eigenvalue weighted by atomic mass is 32.2. The van der Waals surface area contributed by atoms with E-state index in [-0.39, 0.29) is 40.2 Å². The molecule has 0 N–H and O–H groups in total. The summed E-state index contributed by atoms with van der Waals surface area (Å²) in [7, 11) is -9.22. The Bertz CT molecular complexity index is 1360. The Balaban J connectivity index is 1.78. The maximum atomic E-state index is 12.6. The SMILES string of the molecule is C=C1CC[C@H]2[C@H](COS(C)(=O)=O)[C@@H]([C@@]3(C)Cc4cnn(S(C)(=O)=O)c4C[C@@H]3CO[Si](C)(C)C(C)(C)C)CC[C@]12C. The van der Waals surface area contributed by atoms with Crippen LogP contribution in [0.1, 0.15) is 71.6 Å². The molecule has 0 radical (unpaired) electrons. The first-order valence-corrected chi connectivity index (χ1v) is 21.1. The summed E-state index contributed by atoms with van der Waals surface area (Å²) in [6.07, 6.45) is 9.16. The second-order valence-electron chi connectivity index (χ2n) is 14.8. The number of nitrogens with zero attached hydrogens (tertiary/aromatic N) is 2. The van der Waals surface area contributed by atoms with E-state index >= 15 is 0 Å². The van der Waals surface area contributed by atoms with Gasteiger partial charge in [0.05, 0.1) is 31.0 Å². The molecule has 0 unspecified atom stereocenters. The average Bonchev–Trinajstić information content (AvgIpc) is 3.34. The van der Waals surface area contributed by atoms with Gasteiger partial charge in [0.1, 0.15) is 0 Å². The van der Waals surface area contributed by atoms with Crippen LogP contribution in [0, 0.1) is 34.5 Å². The Hall–Kier alpha value is -1.01. The van der Waals surface area contributed by atoms with E-state index in [4.69, 9.17) is 8.61 Å². The van der Waals surface area contributed by atoms with Gasteiger partial charge >= 0.3 is 0 Å². The molecular weight excluding hydrogens is 565 g/mol. The van der Waals surface area contributed by atoms with Gasteiger partial charge in [-0.2, -0.15) is 17.6 Å². The number of hydrogen-bond acceptors (Lipinski definition) is 7. The third-order valence-corrected chi connectivity index (χ3v) is 17.4. The van der Waals surface area contributed by atoms with Gasteiger partial charge in [-0.15, -0.1) is 0 Å². The van der Waals surface area contributed by atoms with Crippen molar-refractivity contribution in [2.75, 3.05) is 25.7 Å². The van der Waals surface area contributed by atoms with Crippen molar-refractivity contribution in [1.29, 1.82) is 0 Å². The Morgan fingerprint density at radius 2 is 1.75 bits per heavy atom. The first-order valence-electron chi connectivity index (χ1n) is 14.5. The smallest absolute Gasteiger partial charge is 0.264 e. The molecule has 3 aliphatic carbocycles. The van der Waals surface area contributed by atoms with Crippen LogP contribution < -0.4 is 0 Å². The summed E-state index contributed by atoms with van der Waals surface area (Å²) < 4.78 is 63.1. The Morgan fingerprint density at radius 3 is 2.33 bits per heavy atom. The van der Waals surface area contributed by atoms with Crippen molar-refractivity contribution >= 4 is 28.5 Å². The van der Waals surface area contributed by atoms with E-state index in [1.807, 2.05) is 0 Å². The van der Waals surface area contributed by atoms with Crippen molar-refractivity contribution in [3.8, 4) is 0 Å². The van der Waals surface area contributed by atoms with E-state index in [1.54, 1.807) is 6.20 Å². The summed E-state index contributed by atoms with van der Waals surface area (Å²) >= 11 is 0. The minimum Gasteiger partial charge on any atom is -0.417 e. The van der Waals surface area contributed by atoms with Crippen LogP contribution >= 0.6 is 0 Å². The van der Waals surface area contributed by atoms with Gasteiger partial charge in [0, 0.05) is 6.61 Å². The second-order valence-corrected chi connectivity index (χ2v) is 23.1. The van der Waals surface area contributed by atoms with E-state index in [1.165, 1.54) is 15.9 Å². The number of allylic oxidation sites excluding steroid dienone is 1. The molecule has 2 fully saturated rings. The van der Waals surface area contributed by atoms with Crippen molar-refractivity contribution in [3.63, 3.8) is 0 Å². The summed E-state index contributed by atoms with van der Waals surface area (Å²) in [5.41, 5.74) is 2.71. The number of fused-ring (bicyclic) bond motifs is 2. The molecule has 0 bridgehead atoms. The van der Waals surface area contributed by atoms with Crippen LogP contribution in [0.15, 0.2) is 18.3 Å². The van der Waals surface area contributed by atoms with Gasteiger partial charge in [-0.3, -0.25) is 4.18 Å². The molecule has 0 amide bonds. The van der Waals surface area contributed by atoms with Gasteiger partial charge in [-0.05, 0) is 96.7 Å². The average molecular weight is 615 g/mol. The van der Waals surface area contributed by atoms with Gasteiger partial charge in [0.25, 0.3) is 20.1 Å². The monoisotopic (exact) mass is 614 g/mol. The molecule has 0 aliphatic heterocycles. The molecule has 0 aromatic carbocycles. The highest BCUT2D eigenvalue weighted by Crippen LogP contribution is 2.63. The molecule has 0 spiro atoms. The quantitative estimate of drug-likeness (QED) is 0.219. The molecule has 6 atom stereocenters. The number of rotatable bonds is 8. The summed E-state index contributed by atoms with van der Waals surface area (Å²) in [5, 5.41) is 4.35. The van der Waals surface area contributed by atoms with Gasteiger partial charge < -0.3 is 4.43 Å². The van der Waals surface area contributed by atoms with Crippen molar-refractivity contribution in [2.24, 2.45) is 34.5 Å². The van der Waals surface area contributed by atoms with Crippen molar-refractivity contribution < 1.29 is 25.4 Å². The predicted octanol–water partition coefficient (Wildman–Crippen LogP) is 5.41. The fraction of sp³-hybridized carbons (Fsp3) is 0.828. The summed E-state index contributed by atoms with van der Waals surface area (Å²) in [5.74, 6) is 0.561. The molecule has 1 heterocycles. The summed E-state index contributed by atoms with van der Waals surface area (Å²) in [4.78, 5) is 0. The van der Waals surface area contributed by atoms with Crippen LogP contribution in [0.25, 0.3) is 0 Å². The Kier molecular flexibility index (Phi) is 8.23. The lowest BCUT2D eigenvalue weighted by molar-refractivity contribution is -0.0685. The Morgan fingerprint density at radius 1 is 1.10 bits per heavy atom. The molecule has 8 nitrogen and oxygen atoms in total. The lowest BCUT2D eigenvalue weighted by atomic mass is 9.49. The van der Waals surface area contributed by atoms with Gasteiger partial charge in [-0.25, -0.2) is 8.42 Å². The summed E-state index contributed by atoms with van der Waals surface area (Å²) in [6.45, 7) is 20.9.